The van der Waals surface area contributed by atoms with Crippen LogP contribution >= 0.6 is 19.4 Å². The topological polar surface area (TPSA) is 143 Å². The van der Waals surface area contributed by atoms with Gasteiger partial charge < -0.3 is 84.0 Å². The number of nitrogens with one attached hydrogen (secondary N) is 6. The van der Waals surface area contributed by atoms with Crippen LogP contribution in [-0.2, 0) is 34.6 Å². The molecule has 0 bridgehead atoms. The summed E-state index contributed by atoms with van der Waals surface area (Å²) in [5.41, 5.74) is 37.6. The van der Waals surface area contributed by atoms with E-state index in [2.05, 4.69) is 0 Å². The predicted octanol–water partition coefficient (Wildman–Crippen LogP) is -7.34. The summed E-state index contributed by atoms with van der Waals surface area (Å²) in [4.78, 5) is 0. The third-order valence-corrected chi connectivity index (χ3v) is 0.375. The van der Waals surface area contributed by atoms with Crippen LogP contribution in [0.25, 0.3) is 34.4 Å². The molecule has 6 nitrogen and oxygen atoms in total. The Balaban J connectivity index is -0.0000000107. The summed E-state index contributed by atoms with van der Waals surface area (Å²) in [5.74, 6) is 0. The fourth-order valence-electron chi connectivity index (χ4n) is 0. The molecular weight excluding hydrogens is 571 g/mol. The van der Waals surface area contributed by atoms with Crippen LogP contribution in [-0.4, -0.2) is 39.3 Å². The molecule has 0 aliphatic carbocycles. The maximum absolute atomic E-state index is 6.26. The van der Waals surface area contributed by atoms with Crippen molar-refractivity contribution in [3.63, 3.8) is 0 Å². The van der Waals surface area contributed by atoms with Crippen molar-refractivity contribution in [2.45, 2.75) is 0 Å². The van der Waals surface area contributed by atoms with Crippen LogP contribution in [0.2, 0.25) is 0 Å². The number of hydrogen-bond acceptors (Lipinski definition) is 0. The summed E-state index contributed by atoms with van der Waals surface area (Å²) in [6, 6.07) is 0. The van der Waals surface area contributed by atoms with Crippen LogP contribution in [0.15, 0.2) is 0 Å². The molecule has 0 fully saturated rings. The van der Waals surface area contributed by atoms with Crippen molar-refractivity contribution in [1.29, 1.82) is 0 Å². The van der Waals surface area contributed by atoms with Crippen molar-refractivity contribution in [2.24, 2.45) is 0 Å². The van der Waals surface area contributed by atoms with Crippen LogP contribution in [0.5, 0.6) is 0 Å². The summed E-state index contributed by atoms with van der Waals surface area (Å²) in [7, 11) is 9.71. The molecule has 135 valence electrons. The van der Waals surface area contributed by atoms with E-state index in [-0.39, 0.29) is 124 Å². The SMILES string of the molecule is [Cl-].[Cl-].[Cl-].[Cl-].[Cl][Ru][Cl].[NH-]CC[NH-].[NH-]CC[NH-].[NH-]CC[NH-].[Ru+5]. The average molecular weight is 589 g/mol. The average Bonchev–Trinajstić information content (AvgIpc) is 2.30. The molecular formula is C6H18Cl6N6Ru2-5. The van der Waals surface area contributed by atoms with Gasteiger partial charge in [0.05, 0.1) is 0 Å². The second-order valence-electron chi connectivity index (χ2n) is 1.55. The quantitative estimate of drug-likeness (QED) is 0.289. The summed E-state index contributed by atoms with van der Waals surface area (Å²) < 4.78 is 0. The Hall–Kier alpha value is 2.75. The van der Waals surface area contributed by atoms with Crippen molar-refractivity contribution in [2.75, 3.05) is 39.3 Å². The van der Waals surface area contributed by atoms with Gasteiger partial charge in [0.2, 0.25) is 0 Å². The fourth-order valence-corrected chi connectivity index (χ4v) is 0. The van der Waals surface area contributed by atoms with E-state index in [1.54, 1.807) is 0 Å². The first kappa shape index (κ1) is 56.9. The van der Waals surface area contributed by atoms with Crippen LogP contribution in [0.3, 0.4) is 0 Å². The molecule has 0 atom stereocenters. The molecule has 20 heavy (non-hydrogen) atoms. The van der Waals surface area contributed by atoms with Gasteiger partial charge in [-0.3, -0.25) is 0 Å². The predicted molar refractivity (Wildman–Crippen MR) is 66.8 cm³/mol. The van der Waals surface area contributed by atoms with Crippen molar-refractivity contribution in [3.05, 3.63) is 34.4 Å². The first-order valence-corrected chi connectivity index (χ1v) is 8.36. The van der Waals surface area contributed by atoms with E-state index in [4.69, 9.17) is 53.8 Å². The first-order chi connectivity index (χ1) is 7.16. The van der Waals surface area contributed by atoms with Gasteiger partial charge in [-0.1, -0.05) is 0 Å². The molecule has 0 heterocycles. The van der Waals surface area contributed by atoms with Gasteiger partial charge in [0, 0.05) is 0 Å². The molecule has 1 radical (unpaired) electrons. The monoisotopic (exact) mass is 588 g/mol. The third kappa shape index (κ3) is 245. The van der Waals surface area contributed by atoms with Gasteiger partial charge in [-0.15, -0.1) is 0 Å². The molecule has 0 rings (SSSR count). The van der Waals surface area contributed by atoms with Gasteiger partial charge in [0.15, 0.2) is 0 Å². The number of hydrogen-bond donors (Lipinski definition) is 0. The summed E-state index contributed by atoms with van der Waals surface area (Å²) in [6.07, 6.45) is 0. The molecule has 0 saturated carbocycles. The van der Waals surface area contributed by atoms with E-state index in [1.165, 1.54) is 0 Å². The minimum Gasteiger partial charge on any atom is -0.679 e. The summed E-state index contributed by atoms with van der Waals surface area (Å²) in [6.45, 7) is 1.42. The first-order valence-electron chi connectivity index (χ1n) is 3.89. The van der Waals surface area contributed by atoms with E-state index < -0.39 is 0 Å². The van der Waals surface area contributed by atoms with Crippen molar-refractivity contribution in [3.8, 4) is 0 Å². The zero-order chi connectivity index (χ0) is 12.9. The smallest absolute Gasteiger partial charge is 0.679 e. The molecule has 6 N–H and O–H groups in total. The Morgan fingerprint density at radius 2 is 0.550 bits per heavy atom. The van der Waals surface area contributed by atoms with Crippen molar-refractivity contribution < 1.29 is 84.3 Å². The van der Waals surface area contributed by atoms with Gasteiger partial charge in [-0.05, 0) is 0 Å². The van der Waals surface area contributed by atoms with Crippen LogP contribution in [0.4, 0.5) is 0 Å². The largest absolute Gasteiger partial charge is 5.00 e. The number of halogens is 6. The minimum absolute atomic E-state index is 0. The second kappa shape index (κ2) is 98.5. The number of rotatable bonds is 3. The van der Waals surface area contributed by atoms with Crippen LogP contribution in [0, 0.1) is 0 Å². The van der Waals surface area contributed by atoms with Gasteiger partial charge in [-0.25, -0.2) is 0 Å². The molecule has 0 aliphatic heterocycles. The zero-order valence-electron chi connectivity index (χ0n) is 10.2. The van der Waals surface area contributed by atoms with Gasteiger partial charge in [0.25, 0.3) is 0 Å². The molecule has 0 unspecified atom stereocenters. The van der Waals surface area contributed by atoms with Crippen molar-refractivity contribution in [1.82, 2.24) is 0 Å². The molecule has 0 aromatic rings. The van der Waals surface area contributed by atoms with E-state index in [9.17, 15) is 0 Å². The Bertz CT molecular complexity index is 61.7. The minimum atomic E-state index is -0.346. The zero-order valence-corrected chi connectivity index (χ0v) is 18.2. The summed E-state index contributed by atoms with van der Waals surface area (Å²) in [5, 5.41) is 0. The molecule has 0 saturated heterocycles. The van der Waals surface area contributed by atoms with E-state index in [1.807, 2.05) is 0 Å². The van der Waals surface area contributed by atoms with Crippen LogP contribution < -0.4 is 49.6 Å². The molecule has 0 aliphatic rings. The fraction of sp³-hybridized carbons (Fsp3) is 1.00. The van der Waals surface area contributed by atoms with E-state index in [0.29, 0.717) is 0 Å². The van der Waals surface area contributed by atoms with Gasteiger partial charge in [0.1, 0.15) is 0 Å². The maximum Gasteiger partial charge on any atom is 5.00 e. The standard InChI is InChI=1S/3C2H6N2.6ClH.2Ru/c3*3-1-2-4;;;;;;;;/h3*3-4H,1-2H2;6*1H;;/q3*-2;;;;;;;+2;+5/p-6. The third-order valence-electron chi connectivity index (χ3n) is 0.375. The molecule has 0 aromatic carbocycles. The van der Waals surface area contributed by atoms with Gasteiger partial charge in [-0.2, -0.15) is 39.3 Å². The van der Waals surface area contributed by atoms with Crippen LogP contribution in [0.1, 0.15) is 0 Å². The molecule has 0 amide bonds. The molecule has 0 spiro atoms. The Kier molecular flexibility index (Phi) is 280. The van der Waals surface area contributed by atoms with E-state index in [0.717, 1.165) is 0 Å². The maximum atomic E-state index is 6.26. The second-order valence-corrected chi connectivity index (χ2v) is 4.19. The normalized spacial score (nSPS) is 5.60. The Labute approximate surface area is 176 Å². The van der Waals surface area contributed by atoms with Gasteiger partial charge >= 0.3 is 54.0 Å². The Morgan fingerprint density at radius 3 is 0.550 bits per heavy atom. The van der Waals surface area contributed by atoms with Crippen molar-refractivity contribution >= 4 is 19.4 Å². The summed E-state index contributed by atoms with van der Waals surface area (Å²) >= 11 is -0.346. The Morgan fingerprint density at radius 1 is 0.500 bits per heavy atom. The van der Waals surface area contributed by atoms with E-state index >= 15 is 0 Å². The molecule has 14 heteroatoms. The molecule has 0 aromatic heterocycles.